The predicted octanol–water partition coefficient (Wildman–Crippen LogP) is 2.82. The standard InChI is InChI=1S/C19H24N4O5/c1-11-6-9-27-16(11)14-12(10-20)13(21)15(17(24)26-5)23(14)8-7-22-18(25)28-19(2,3)4/h6,9H,7-8,21H2,1-5H3,(H,22,25). The molecule has 2 rings (SSSR count). The van der Waals surface area contributed by atoms with E-state index in [1.54, 1.807) is 26.8 Å². The summed E-state index contributed by atoms with van der Waals surface area (Å²) in [5.41, 5.74) is 6.68. The molecule has 9 nitrogen and oxygen atoms in total. The zero-order valence-electron chi connectivity index (χ0n) is 16.6. The number of methoxy groups -OCH3 is 1. The number of nitrogens with two attached hydrogens (primary N) is 1. The van der Waals surface area contributed by atoms with Gasteiger partial charge in [-0.25, -0.2) is 9.59 Å². The van der Waals surface area contributed by atoms with Crippen LogP contribution in [0.15, 0.2) is 16.7 Å². The maximum absolute atomic E-state index is 12.3. The zero-order chi connectivity index (χ0) is 21.1. The van der Waals surface area contributed by atoms with E-state index in [0.717, 1.165) is 5.56 Å². The van der Waals surface area contributed by atoms with E-state index in [1.165, 1.54) is 17.9 Å². The quantitative estimate of drug-likeness (QED) is 0.752. The highest BCUT2D eigenvalue weighted by Gasteiger charge is 2.29. The number of anilines is 1. The van der Waals surface area contributed by atoms with Crippen LogP contribution >= 0.6 is 0 Å². The number of esters is 1. The van der Waals surface area contributed by atoms with E-state index >= 15 is 0 Å². The number of aromatic nitrogens is 1. The summed E-state index contributed by atoms with van der Waals surface area (Å²) in [6.45, 7) is 7.35. The molecule has 9 heteroatoms. The zero-order valence-corrected chi connectivity index (χ0v) is 16.6. The highest BCUT2D eigenvalue weighted by Crippen LogP contribution is 2.35. The molecule has 0 saturated carbocycles. The van der Waals surface area contributed by atoms with Gasteiger partial charge in [-0.15, -0.1) is 0 Å². The summed E-state index contributed by atoms with van der Waals surface area (Å²) in [6.07, 6.45) is 0.888. The molecule has 0 saturated heterocycles. The lowest BCUT2D eigenvalue weighted by Crippen LogP contribution is -2.34. The highest BCUT2D eigenvalue weighted by molar-refractivity contribution is 5.98. The van der Waals surface area contributed by atoms with Crippen LogP contribution in [-0.4, -0.2) is 35.9 Å². The van der Waals surface area contributed by atoms with Gasteiger partial charge in [0, 0.05) is 13.1 Å². The first-order valence-electron chi connectivity index (χ1n) is 8.62. The molecule has 0 unspecified atom stereocenters. The first kappa shape index (κ1) is 20.9. The van der Waals surface area contributed by atoms with E-state index in [1.807, 2.05) is 13.0 Å². The van der Waals surface area contributed by atoms with Gasteiger partial charge >= 0.3 is 12.1 Å². The number of amides is 1. The number of rotatable bonds is 5. The fourth-order valence-corrected chi connectivity index (χ4v) is 2.73. The van der Waals surface area contributed by atoms with Gasteiger partial charge in [0.05, 0.1) is 19.1 Å². The van der Waals surface area contributed by atoms with E-state index < -0.39 is 17.7 Å². The molecule has 0 bridgehead atoms. The molecular formula is C19H24N4O5. The first-order valence-corrected chi connectivity index (χ1v) is 8.62. The minimum atomic E-state index is -0.693. The highest BCUT2D eigenvalue weighted by atomic mass is 16.6. The summed E-state index contributed by atoms with van der Waals surface area (Å²) < 4.78 is 17.1. The number of aryl methyl sites for hydroxylation is 1. The van der Waals surface area contributed by atoms with Crippen LogP contribution in [0.1, 0.15) is 42.4 Å². The summed E-state index contributed by atoms with van der Waals surface area (Å²) in [6, 6.07) is 3.76. The van der Waals surface area contributed by atoms with E-state index in [9.17, 15) is 14.9 Å². The normalized spacial score (nSPS) is 11.0. The molecule has 0 aliphatic heterocycles. The van der Waals surface area contributed by atoms with E-state index in [-0.39, 0.29) is 30.0 Å². The minimum absolute atomic E-state index is 0.00239. The smallest absolute Gasteiger partial charge is 0.407 e. The van der Waals surface area contributed by atoms with Gasteiger partial charge in [0.25, 0.3) is 0 Å². The summed E-state index contributed by atoms with van der Waals surface area (Å²) in [5, 5.41) is 12.2. The minimum Gasteiger partial charge on any atom is -0.464 e. The van der Waals surface area contributed by atoms with Crippen molar-refractivity contribution in [2.75, 3.05) is 19.4 Å². The number of hydrogen-bond acceptors (Lipinski definition) is 7. The third-order valence-corrected chi connectivity index (χ3v) is 3.87. The van der Waals surface area contributed by atoms with E-state index in [2.05, 4.69) is 5.32 Å². The van der Waals surface area contributed by atoms with Gasteiger partial charge in [-0.05, 0) is 39.3 Å². The van der Waals surface area contributed by atoms with Crippen molar-refractivity contribution in [2.24, 2.45) is 0 Å². The Morgan fingerprint density at radius 3 is 2.57 bits per heavy atom. The van der Waals surface area contributed by atoms with Crippen LogP contribution in [0.2, 0.25) is 0 Å². The second-order valence-electron chi connectivity index (χ2n) is 7.10. The summed E-state index contributed by atoms with van der Waals surface area (Å²) in [7, 11) is 1.22. The van der Waals surface area contributed by atoms with Gasteiger partial charge in [0.1, 0.15) is 22.9 Å². The van der Waals surface area contributed by atoms with Crippen molar-refractivity contribution in [3.63, 3.8) is 0 Å². The molecule has 0 spiro atoms. The van der Waals surface area contributed by atoms with Crippen LogP contribution in [0.3, 0.4) is 0 Å². The number of ether oxygens (including phenoxy) is 2. The summed E-state index contributed by atoms with van der Waals surface area (Å²) in [5.74, 6) is -0.280. The number of nitrogens with zero attached hydrogens (tertiary/aromatic N) is 2. The molecule has 0 radical (unpaired) electrons. The Labute approximate surface area is 163 Å². The number of nitrogen functional groups attached to an aromatic ring is 1. The molecule has 2 aromatic heterocycles. The van der Waals surface area contributed by atoms with E-state index in [4.69, 9.17) is 19.6 Å². The Bertz CT molecular complexity index is 927. The average molecular weight is 388 g/mol. The van der Waals surface area contributed by atoms with Crippen molar-refractivity contribution in [3.05, 3.63) is 29.2 Å². The number of nitrogens with one attached hydrogen (secondary N) is 1. The van der Waals surface area contributed by atoms with Crippen molar-refractivity contribution in [1.29, 1.82) is 5.26 Å². The van der Waals surface area contributed by atoms with Crippen LogP contribution < -0.4 is 11.1 Å². The van der Waals surface area contributed by atoms with Crippen LogP contribution in [0, 0.1) is 18.3 Å². The van der Waals surface area contributed by atoms with Crippen molar-refractivity contribution in [3.8, 4) is 17.5 Å². The average Bonchev–Trinajstić information content (AvgIpc) is 3.13. The third-order valence-electron chi connectivity index (χ3n) is 3.87. The molecule has 28 heavy (non-hydrogen) atoms. The SMILES string of the molecule is COC(=O)c1c(N)c(C#N)c(-c2occc2C)n1CCNC(=O)OC(C)(C)C. The van der Waals surface area contributed by atoms with Gasteiger partial charge in [-0.3, -0.25) is 0 Å². The third kappa shape index (κ3) is 4.28. The molecule has 1 amide bonds. The molecule has 150 valence electrons. The fraction of sp³-hybridized carbons (Fsp3) is 0.421. The van der Waals surface area contributed by atoms with Gasteiger partial charge in [-0.2, -0.15) is 5.26 Å². The van der Waals surface area contributed by atoms with Gasteiger partial charge in [0.2, 0.25) is 0 Å². The lowest BCUT2D eigenvalue weighted by Gasteiger charge is -2.20. The van der Waals surface area contributed by atoms with Crippen LogP contribution in [0.4, 0.5) is 10.5 Å². The summed E-state index contributed by atoms with van der Waals surface area (Å²) >= 11 is 0. The summed E-state index contributed by atoms with van der Waals surface area (Å²) in [4.78, 5) is 24.2. The number of hydrogen-bond donors (Lipinski definition) is 2. The van der Waals surface area contributed by atoms with Gasteiger partial charge in [-0.1, -0.05) is 0 Å². The number of furan rings is 1. The Morgan fingerprint density at radius 2 is 2.07 bits per heavy atom. The monoisotopic (exact) mass is 388 g/mol. The van der Waals surface area contributed by atoms with Gasteiger partial charge in [0.15, 0.2) is 11.5 Å². The molecule has 2 heterocycles. The van der Waals surface area contributed by atoms with Crippen LogP contribution in [-0.2, 0) is 16.0 Å². The number of alkyl carbamates (subject to hydrolysis) is 1. The second kappa shape index (κ2) is 8.08. The van der Waals surface area contributed by atoms with Crippen molar-refractivity contribution >= 4 is 17.7 Å². The second-order valence-corrected chi connectivity index (χ2v) is 7.10. The lowest BCUT2D eigenvalue weighted by atomic mass is 10.1. The Kier molecular flexibility index (Phi) is 6.03. The molecule has 3 N–H and O–H groups in total. The molecular weight excluding hydrogens is 364 g/mol. The Balaban J connectivity index is 2.43. The van der Waals surface area contributed by atoms with Crippen molar-refractivity contribution in [2.45, 2.75) is 39.8 Å². The maximum atomic E-state index is 12.3. The molecule has 0 aromatic carbocycles. The molecule has 2 aromatic rings. The maximum Gasteiger partial charge on any atom is 0.407 e. The topological polar surface area (TPSA) is 133 Å². The predicted molar refractivity (Wildman–Crippen MR) is 102 cm³/mol. The number of carbonyl (C=O) groups is 2. The molecule has 0 aliphatic carbocycles. The Morgan fingerprint density at radius 1 is 1.39 bits per heavy atom. The first-order chi connectivity index (χ1) is 13.1. The van der Waals surface area contributed by atoms with Crippen LogP contribution in [0.25, 0.3) is 11.5 Å². The molecule has 0 fully saturated rings. The molecule has 0 atom stereocenters. The lowest BCUT2D eigenvalue weighted by molar-refractivity contribution is 0.0526. The largest absolute Gasteiger partial charge is 0.464 e. The van der Waals surface area contributed by atoms with E-state index in [0.29, 0.717) is 11.5 Å². The fourth-order valence-electron chi connectivity index (χ4n) is 2.73. The number of carbonyl (C=O) groups excluding carboxylic acids is 2. The van der Waals surface area contributed by atoms with Crippen LogP contribution in [0.5, 0.6) is 0 Å². The van der Waals surface area contributed by atoms with Crippen molar-refractivity contribution < 1.29 is 23.5 Å². The number of nitriles is 1. The van der Waals surface area contributed by atoms with Crippen molar-refractivity contribution in [1.82, 2.24) is 9.88 Å². The van der Waals surface area contributed by atoms with Gasteiger partial charge < -0.3 is 29.5 Å². The Hall–Kier alpha value is -3.41. The molecule has 0 aliphatic rings.